The number of anilines is 1. The van der Waals surface area contributed by atoms with Gasteiger partial charge in [0, 0.05) is 6.54 Å². The third kappa shape index (κ3) is 5.21. The number of carbonyl (C=O) groups excluding carboxylic acids is 1. The maximum absolute atomic E-state index is 12.6. The van der Waals surface area contributed by atoms with E-state index in [1.807, 2.05) is 0 Å². The first-order chi connectivity index (χ1) is 12.5. The van der Waals surface area contributed by atoms with E-state index in [2.05, 4.69) is 10.0 Å². The van der Waals surface area contributed by atoms with Crippen molar-refractivity contribution in [2.75, 3.05) is 24.9 Å². The molecule has 0 unspecified atom stereocenters. The number of amides is 1. The largest absolute Gasteiger partial charge is 0.497 e. The number of nitrogens with two attached hydrogens (primary N) is 1. The molecule has 0 aliphatic rings. The number of nitrogens with one attached hydrogen (secondary N) is 2. The average Bonchev–Trinajstić information content (AvgIpc) is 2.65. The normalized spacial score (nSPS) is 11.0. The van der Waals surface area contributed by atoms with Crippen molar-refractivity contribution in [1.82, 2.24) is 5.32 Å². The first-order valence-electron chi connectivity index (χ1n) is 8.22. The minimum absolute atomic E-state index is 0.0801. The number of methoxy groups -OCH3 is 1. The molecule has 0 radical (unpaired) electrons. The molecule has 26 heavy (non-hydrogen) atoms. The fraction of sp³-hybridized carbons (Fsp3) is 0.278. The molecule has 2 aromatic rings. The van der Waals surface area contributed by atoms with Crippen LogP contribution in [0.2, 0.25) is 0 Å². The third-order valence-electron chi connectivity index (χ3n) is 3.70. The van der Waals surface area contributed by atoms with Gasteiger partial charge in [0.05, 0.1) is 23.3 Å². The van der Waals surface area contributed by atoms with Gasteiger partial charge in [-0.3, -0.25) is 9.52 Å². The van der Waals surface area contributed by atoms with Crippen LogP contribution >= 0.6 is 0 Å². The lowest BCUT2D eigenvalue weighted by atomic mass is 10.1. The second-order valence-corrected chi connectivity index (χ2v) is 7.26. The van der Waals surface area contributed by atoms with Crippen LogP contribution in [-0.2, 0) is 10.0 Å². The van der Waals surface area contributed by atoms with E-state index >= 15 is 0 Å². The van der Waals surface area contributed by atoms with E-state index in [0.29, 0.717) is 18.8 Å². The van der Waals surface area contributed by atoms with Crippen molar-refractivity contribution in [2.45, 2.75) is 17.7 Å². The van der Waals surface area contributed by atoms with Crippen LogP contribution in [0.4, 0.5) is 5.69 Å². The second kappa shape index (κ2) is 9.21. The minimum Gasteiger partial charge on any atom is -0.497 e. The Hall–Kier alpha value is -2.58. The smallest absolute Gasteiger partial charge is 0.261 e. The maximum atomic E-state index is 12.6. The summed E-state index contributed by atoms with van der Waals surface area (Å²) in [7, 11) is -2.32. The first-order valence-corrected chi connectivity index (χ1v) is 9.70. The van der Waals surface area contributed by atoms with Gasteiger partial charge in [-0.25, -0.2) is 8.42 Å². The van der Waals surface area contributed by atoms with E-state index in [1.165, 1.54) is 19.2 Å². The van der Waals surface area contributed by atoms with Gasteiger partial charge in [-0.2, -0.15) is 0 Å². The average molecular weight is 377 g/mol. The highest BCUT2D eigenvalue weighted by atomic mass is 32.2. The van der Waals surface area contributed by atoms with E-state index in [4.69, 9.17) is 10.5 Å². The molecule has 0 fully saturated rings. The molecular weight excluding hydrogens is 354 g/mol. The summed E-state index contributed by atoms with van der Waals surface area (Å²) < 4.78 is 32.7. The van der Waals surface area contributed by atoms with E-state index in [-0.39, 0.29) is 22.1 Å². The zero-order valence-electron chi connectivity index (χ0n) is 14.6. The first kappa shape index (κ1) is 19.7. The summed E-state index contributed by atoms with van der Waals surface area (Å²) in [4.78, 5) is 12.4. The summed E-state index contributed by atoms with van der Waals surface area (Å²) in [5.74, 6) is 0.219. The van der Waals surface area contributed by atoms with Gasteiger partial charge in [0.1, 0.15) is 5.75 Å². The number of ether oxygens (including phenoxy) is 1. The Morgan fingerprint density at radius 2 is 1.77 bits per heavy atom. The van der Waals surface area contributed by atoms with Gasteiger partial charge in [0.2, 0.25) is 0 Å². The molecule has 1 amide bonds. The molecule has 0 aliphatic carbocycles. The lowest BCUT2D eigenvalue weighted by molar-refractivity contribution is 0.0954. The zero-order chi connectivity index (χ0) is 19.0. The van der Waals surface area contributed by atoms with Crippen LogP contribution in [0.3, 0.4) is 0 Å². The Kier molecular flexibility index (Phi) is 6.99. The Bertz CT molecular complexity index is 836. The molecule has 0 saturated heterocycles. The quantitative estimate of drug-likeness (QED) is 0.579. The highest BCUT2D eigenvalue weighted by Gasteiger charge is 2.18. The third-order valence-corrected chi connectivity index (χ3v) is 5.08. The number of carbonyl (C=O) groups is 1. The van der Waals surface area contributed by atoms with Crippen molar-refractivity contribution in [1.29, 1.82) is 0 Å². The predicted octanol–water partition coefficient (Wildman–Crippen LogP) is 1.96. The Morgan fingerprint density at radius 1 is 1.08 bits per heavy atom. The molecule has 0 spiro atoms. The molecule has 0 heterocycles. The molecule has 0 saturated carbocycles. The van der Waals surface area contributed by atoms with Crippen LogP contribution in [-0.4, -0.2) is 34.5 Å². The summed E-state index contributed by atoms with van der Waals surface area (Å²) in [5, 5.41) is 2.77. The number of hydrogen-bond donors (Lipinski definition) is 3. The van der Waals surface area contributed by atoms with Crippen molar-refractivity contribution >= 4 is 21.6 Å². The van der Waals surface area contributed by atoms with Gasteiger partial charge < -0.3 is 15.8 Å². The minimum atomic E-state index is -3.83. The van der Waals surface area contributed by atoms with E-state index in [0.717, 1.165) is 12.8 Å². The van der Waals surface area contributed by atoms with Crippen LogP contribution in [0.25, 0.3) is 0 Å². The number of sulfonamides is 1. The molecule has 0 atom stereocenters. The molecule has 7 nitrogen and oxygen atoms in total. The van der Waals surface area contributed by atoms with Gasteiger partial charge >= 0.3 is 0 Å². The number of unbranched alkanes of at least 4 members (excludes halogenated alkanes) is 1. The van der Waals surface area contributed by atoms with Crippen LogP contribution in [0.5, 0.6) is 5.75 Å². The van der Waals surface area contributed by atoms with Crippen molar-refractivity contribution < 1.29 is 17.9 Å². The zero-order valence-corrected chi connectivity index (χ0v) is 15.4. The molecule has 0 aliphatic heterocycles. The standard InChI is InChI=1S/C18H23N3O4S/c1-25-14-8-10-15(11-9-14)26(23,24)21-17-7-3-2-6-16(17)18(22)20-13-5-4-12-19/h2-3,6-11,21H,4-5,12-13,19H2,1H3,(H,20,22). The Balaban J connectivity index is 2.16. The van der Waals surface area contributed by atoms with Gasteiger partial charge in [0.25, 0.3) is 15.9 Å². The van der Waals surface area contributed by atoms with Gasteiger partial charge in [-0.05, 0) is 55.8 Å². The predicted molar refractivity (Wildman–Crippen MR) is 101 cm³/mol. The number of hydrogen-bond acceptors (Lipinski definition) is 5. The molecule has 0 bridgehead atoms. The lowest BCUT2D eigenvalue weighted by Crippen LogP contribution is -2.26. The fourth-order valence-electron chi connectivity index (χ4n) is 2.30. The van der Waals surface area contributed by atoms with Gasteiger partial charge in [-0.1, -0.05) is 12.1 Å². The van der Waals surface area contributed by atoms with Crippen LogP contribution < -0.4 is 20.5 Å². The second-order valence-electron chi connectivity index (χ2n) is 5.58. The van der Waals surface area contributed by atoms with Gasteiger partial charge in [0.15, 0.2) is 0 Å². The molecule has 2 rings (SSSR count). The number of rotatable bonds is 9. The molecule has 2 aromatic carbocycles. The SMILES string of the molecule is COc1ccc(S(=O)(=O)Nc2ccccc2C(=O)NCCCCN)cc1. The van der Waals surface area contributed by atoms with E-state index in [9.17, 15) is 13.2 Å². The maximum Gasteiger partial charge on any atom is 0.261 e. The van der Waals surface area contributed by atoms with Crippen LogP contribution in [0.1, 0.15) is 23.2 Å². The summed E-state index contributed by atoms with van der Waals surface area (Å²) >= 11 is 0. The Morgan fingerprint density at radius 3 is 2.42 bits per heavy atom. The van der Waals surface area contributed by atoms with Crippen molar-refractivity contribution in [2.24, 2.45) is 5.73 Å². The summed E-state index contributed by atoms with van der Waals surface area (Å²) in [6.07, 6.45) is 1.58. The molecular formula is C18H23N3O4S. The number of benzene rings is 2. The lowest BCUT2D eigenvalue weighted by Gasteiger charge is -2.13. The van der Waals surface area contributed by atoms with Crippen LogP contribution in [0.15, 0.2) is 53.4 Å². The van der Waals surface area contributed by atoms with Crippen molar-refractivity contribution in [3.8, 4) is 5.75 Å². The molecule has 4 N–H and O–H groups in total. The van der Waals surface area contributed by atoms with Crippen LogP contribution in [0, 0.1) is 0 Å². The highest BCUT2D eigenvalue weighted by Crippen LogP contribution is 2.21. The molecule has 0 aromatic heterocycles. The topological polar surface area (TPSA) is 111 Å². The van der Waals surface area contributed by atoms with Gasteiger partial charge in [-0.15, -0.1) is 0 Å². The summed E-state index contributed by atoms with van der Waals surface area (Å²) in [6, 6.07) is 12.5. The van der Waals surface area contributed by atoms with Crippen molar-refractivity contribution in [3.63, 3.8) is 0 Å². The van der Waals surface area contributed by atoms with E-state index < -0.39 is 10.0 Å². The Labute approximate surface area is 153 Å². The molecule has 8 heteroatoms. The summed E-state index contributed by atoms with van der Waals surface area (Å²) in [5.41, 5.74) is 5.91. The summed E-state index contributed by atoms with van der Waals surface area (Å²) in [6.45, 7) is 1.05. The highest BCUT2D eigenvalue weighted by molar-refractivity contribution is 7.92. The monoisotopic (exact) mass is 377 g/mol. The van der Waals surface area contributed by atoms with E-state index in [1.54, 1.807) is 36.4 Å². The van der Waals surface area contributed by atoms with Crippen molar-refractivity contribution in [3.05, 3.63) is 54.1 Å². The molecule has 140 valence electrons. The fourth-order valence-corrected chi connectivity index (χ4v) is 3.37. The number of para-hydroxylation sites is 1.